The van der Waals surface area contributed by atoms with Crippen molar-refractivity contribution in [1.29, 1.82) is 0 Å². The van der Waals surface area contributed by atoms with Gasteiger partial charge in [-0.2, -0.15) is 0 Å². The predicted molar refractivity (Wildman–Crippen MR) is 114 cm³/mol. The van der Waals surface area contributed by atoms with Crippen molar-refractivity contribution in [1.82, 2.24) is 4.98 Å². The van der Waals surface area contributed by atoms with E-state index in [9.17, 15) is 0 Å². The summed E-state index contributed by atoms with van der Waals surface area (Å²) in [5.74, 6) is 0.916. The van der Waals surface area contributed by atoms with Crippen LogP contribution in [0.15, 0.2) is 41.8 Å². The molecule has 0 aliphatic carbocycles. The Morgan fingerprint density at radius 1 is 1.04 bits per heavy atom. The van der Waals surface area contributed by atoms with Crippen molar-refractivity contribution in [3.63, 3.8) is 0 Å². The van der Waals surface area contributed by atoms with Crippen molar-refractivity contribution >= 4 is 45.1 Å². The van der Waals surface area contributed by atoms with E-state index in [0.717, 1.165) is 44.5 Å². The van der Waals surface area contributed by atoms with Crippen LogP contribution in [0.1, 0.15) is 39.0 Å². The number of hydrogen-bond acceptors (Lipinski definition) is 5. The molecule has 1 aromatic carbocycles. The van der Waals surface area contributed by atoms with E-state index in [1.165, 1.54) is 25.7 Å². The van der Waals surface area contributed by atoms with Crippen LogP contribution in [0.3, 0.4) is 0 Å². The van der Waals surface area contributed by atoms with Crippen molar-refractivity contribution in [2.24, 2.45) is 0 Å². The van der Waals surface area contributed by atoms with Crippen LogP contribution in [0.4, 0.5) is 10.8 Å². The van der Waals surface area contributed by atoms with Gasteiger partial charge in [-0.25, -0.2) is 4.98 Å². The van der Waals surface area contributed by atoms with Crippen LogP contribution >= 0.6 is 34.3 Å². The number of benzene rings is 1. The highest BCUT2D eigenvalue weighted by Crippen LogP contribution is 2.33. The smallest absolute Gasteiger partial charge is 0.187 e. The van der Waals surface area contributed by atoms with Crippen LogP contribution < -0.4 is 10.1 Å². The molecule has 0 radical (unpaired) electrons. The second-order valence-electron chi connectivity index (χ2n) is 6.05. The summed E-state index contributed by atoms with van der Waals surface area (Å²) in [6.45, 7) is 3.02. The third-order valence-corrected chi connectivity index (χ3v) is 5.96. The molecule has 0 aliphatic heterocycles. The third kappa shape index (κ3) is 5.73. The first kappa shape index (κ1) is 19.2. The summed E-state index contributed by atoms with van der Waals surface area (Å²) in [4.78, 5) is 5.71. The van der Waals surface area contributed by atoms with E-state index in [-0.39, 0.29) is 0 Å². The molecule has 0 saturated carbocycles. The molecule has 0 bridgehead atoms. The number of rotatable bonds is 10. The standard InChI is InChI=1S/C20H23ClN2OS2/c1-2-3-4-5-6-13-24-16-9-7-15(8-10-16)22-20-23-17(14-25-20)18-11-12-19(21)26-18/h7-12,14H,2-6,13H2,1H3,(H,22,23). The SMILES string of the molecule is CCCCCCCOc1ccc(Nc2nc(-c3ccc(Cl)s3)cs2)cc1. The molecule has 0 spiro atoms. The van der Waals surface area contributed by atoms with Gasteiger partial charge in [0.25, 0.3) is 0 Å². The third-order valence-electron chi connectivity index (χ3n) is 3.95. The van der Waals surface area contributed by atoms with Crippen LogP contribution in [0.25, 0.3) is 10.6 Å². The maximum Gasteiger partial charge on any atom is 0.187 e. The molecule has 3 nitrogen and oxygen atoms in total. The van der Waals surface area contributed by atoms with E-state index < -0.39 is 0 Å². The van der Waals surface area contributed by atoms with E-state index in [1.54, 1.807) is 22.7 Å². The average molecular weight is 407 g/mol. The van der Waals surface area contributed by atoms with E-state index in [2.05, 4.69) is 17.2 Å². The van der Waals surface area contributed by atoms with Crippen LogP contribution in [-0.4, -0.2) is 11.6 Å². The van der Waals surface area contributed by atoms with Gasteiger partial charge >= 0.3 is 0 Å². The van der Waals surface area contributed by atoms with Crippen molar-refractivity contribution in [2.45, 2.75) is 39.0 Å². The van der Waals surface area contributed by atoms with Gasteiger partial charge in [0, 0.05) is 11.1 Å². The van der Waals surface area contributed by atoms with Gasteiger partial charge in [0.2, 0.25) is 0 Å². The van der Waals surface area contributed by atoms with Gasteiger partial charge in [-0.05, 0) is 42.8 Å². The summed E-state index contributed by atoms with van der Waals surface area (Å²) < 4.78 is 6.58. The minimum Gasteiger partial charge on any atom is -0.494 e. The number of halogens is 1. The highest BCUT2D eigenvalue weighted by molar-refractivity contribution is 7.20. The number of thiazole rings is 1. The van der Waals surface area contributed by atoms with E-state index >= 15 is 0 Å². The normalized spacial score (nSPS) is 10.8. The molecule has 138 valence electrons. The Balaban J connectivity index is 1.48. The lowest BCUT2D eigenvalue weighted by molar-refractivity contribution is 0.304. The summed E-state index contributed by atoms with van der Waals surface area (Å²) in [5.41, 5.74) is 1.96. The maximum absolute atomic E-state index is 6.00. The minimum atomic E-state index is 0.781. The zero-order valence-electron chi connectivity index (χ0n) is 14.8. The quantitative estimate of drug-likeness (QED) is 0.351. The van der Waals surface area contributed by atoms with Crippen LogP contribution in [0.5, 0.6) is 5.75 Å². The Bertz CT molecular complexity index is 798. The summed E-state index contributed by atoms with van der Waals surface area (Å²) in [6, 6.07) is 12.0. The Morgan fingerprint density at radius 2 is 1.85 bits per heavy atom. The first-order valence-corrected chi connectivity index (χ1v) is 11.0. The highest BCUT2D eigenvalue weighted by Gasteiger charge is 2.07. The molecule has 1 N–H and O–H groups in total. The second-order valence-corrected chi connectivity index (χ2v) is 8.63. The van der Waals surface area contributed by atoms with Gasteiger partial charge in [0.05, 0.1) is 21.5 Å². The Morgan fingerprint density at radius 3 is 2.58 bits per heavy atom. The first-order chi connectivity index (χ1) is 12.7. The molecule has 6 heteroatoms. The Hall–Kier alpha value is -1.56. The van der Waals surface area contributed by atoms with Crippen LogP contribution in [0.2, 0.25) is 4.34 Å². The molecule has 26 heavy (non-hydrogen) atoms. The van der Waals surface area contributed by atoms with Crippen molar-refractivity contribution in [2.75, 3.05) is 11.9 Å². The minimum absolute atomic E-state index is 0.781. The number of unbranched alkanes of at least 4 members (excludes halogenated alkanes) is 4. The number of thiophene rings is 1. The molecule has 2 heterocycles. The predicted octanol–water partition coefficient (Wildman–Crippen LogP) is 7.62. The molecule has 3 rings (SSSR count). The Kier molecular flexibility index (Phi) is 7.35. The zero-order chi connectivity index (χ0) is 18.2. The number of aromatic nitrogens is 1. The van der Waals surface area contributed by atoms with E-state index in [4.69, 9.17) is 16.3 Å². The fraction of sp³-hybridized carbons (Fsp3) is 0.350. The van der Waals surface area contributed by atoms with Gasteiger partial charge in [-0.1, -0.05) is 44.2 Å². The molecule has 0 amide bonds. The molecule has 0 aliphatic rings. The zero-order valence-corrected chi connectivity index (χ0v) is 17.2. The van der Waals surface area contributed by atoms with Crippen LogP contribution in [0, 0.1) is 0 Å². The molecule has 3 aromatic rings. The summed E-state index contributed by atoms with van der Waals surface area (Å²) in [5, 5.41) is 6.25. The summed E-state index contributed by atoms with van der Waals surface area (Å²) in [7, 11) is 0. The Labute approximate surface area is 168 Å². The lowest BCUT2D eigenvalue weighted by Crippen LogP contribution is -1.97. The van der Waals surface area contributed by atoms with Gasteiger partial charge in [0.15, 0.2) is 5.13 Å². The fourth-order valence-corrected chi connectivity index (χ4v) is 4.36. The van der Waals surface area contributed by atoms with Crippen LogP contribution in [-0.2, 0) is 0 Å². The molecular formula is C20H23ClN2OS2. The molecule has 0 atom stereocenters. The molecule has 2 aromatic heterocycles. The number of nitrogens with zero attached hydrogens (tertiary/aromatic N) is 1. The lowest BCUT2D eigenvalue weighted by atomic mass is 10.2. The van der Waals surface area contributed by atoms with Gasteiger partial charge in [-0.15, -0.1) is 22.7 Å². The molecule has 0 unspecified atom stereocenters. The number of hydrogen-bond donors (Lipinski definition) is 1. The van der Waals surface area contributed by atoms with Crippen molar-refractivity contribution in [3.8, 4) is 16.3 Å². The van der Waals surface area contributed by atoms with E-state index in [1.807, 2.05) is 41.8 Å². The van der Waals surface area contributed by atoms with Gasteiger partial charge in [-0.3, -0.25) is 0 Å². The fourth-order valence-electron chi connectivity index (χ4n) is 2.55. The van der Waals surface area contributed by atoms with Gasteiger partial charge in [0.1, 0.15) is 5.75 Å². The number of anilines is 2. The molecule has 0 fully saturated rings. The average Bonchev–Trinajstić information content (AvgIpc) is 3.28. The molecule has 0 saturated heterocycles. The topological polar surface area (TPSA) is 34.1 Å². The second kappa shape index (κ2) is 9.95. The van der Waals surface area contributed by atoms with Crippen molar-refractivity contribution in [3.05, 3.63) is 46.1 Å². The van der Waals surface area contributed by atoms with Gasteiger partial charge < -0.3 is 10.1 Å². The van der Waals surface area contributed by atoms with E-state index in [0.29, 0.717) is 0 Å². The summed E-state index contributed by atoms with van der Waals surface area (Å²) in [6.07, 6.45) is 6.26. The largest absolute Gasteiger partial charge is 0.494 e. The highest BCUT2D eigenvalue weighted by atomic mass is 35.5. The number of ether oxygens (including phenoxy) is 1. The van der Waals surface area contributed by atoms with Crippen molar-refractivity contribution < 1.29 is 4.74 Å². The maximum atomic E-state index is 6.00. The first-order valence-electron chi connectivity index (χ1n) is 8.95. The lowest BCUT2D eigenvalue weighted by Gasteiger charge is -2.07. The monoisotopic (exact) mass is 406 g/mol. The molecular weight excluding hydrogens is 384 g/mol. The summed E-state index contributed by atoms with van der Waals surface area (Å²) >= 11 is 9.12. The number of nitrogens with one attached hydrogen (secondary N) is 1.